The van der Waals surface area contributed by atoms with Gasteiger partial charge in [0.05, 0.1) is 0 Å². The van der Waals surface area contributed by atoms with Crippen molar-refractivity contribution < 1.29 is 0 Å². The highest BCUT2D eigenvalue weighted by molar-refractivity contribution is 5.35. The van der Waals surface area contributed by atoms with Gasteiger partial charge in [-0.3, -0.25) is 0 Å². The molecule has 0 amide bonds. The molecule has 0 saturated heterocycles. The highest BCUT2D eigenvalue weighted by atomic mass is 14.9. The first-order valence-electron chi connectivity index (χ1n) is 23.0. The SMILES string of the molecule is CC1C(C)C(C)C2C(C1C)C1C(C)C(C)C3C4C1C2C(C)C(C)C4C12CC34C(C)C(C)C3C5C(C)C(C)C(C)C(C)C5C(C(C)C1C)C3C42. The van der Waals surface area contributed by atoms with E-state index in [2.05, 4.69) is 111 Å². The van der Waals surface area contributed by atoms with E-state index in [-0.39, 0.29) is 0 Å². The molecule has 0 heteroatoms. The van der Waals surface area contributed by atoms with Crippen molar-refractivity contribution in [2.75, 3.05) is 0 Å². The van der Waals surface area contributed by atoms with Crippen LogP contribution in [0.4, 0.5) is 0 Å². The van der Waals surface area contributed by atoms with Crippen molar-refractivity contribution in [3.05, 3.63) is 0 Å². The molecule has 10 fully saturated rings. The maximum Gasteiger partial charge on any atom is -0.0193 e. The van der Waals surface area contributed by atoms with Crippen molar-refractivity contribution in [2.24, 2.45) is 188 Å². The van der Waals surface area contributed by atoms with Gasteiger partial charge in [0, 0.05) is 0 Å². The molecule has 0 nitrogen and oxygen atoms in total. The van der Waals surface area contributed by atoms with Crippen molar-refractivity contribution in [2.45, 2.75) is 117 Å². The van der Waals surface area contributed by atoms with Crippen LogP contribution in [0.2, 0.25) is 0 Å². The third-order valence-corrected chi connectivity index (χ3v) is 25.0. The first-order valence-corrected chi connectivity index (χ1v) is 23.0. The summed E-state index contributed by atoms with van der Waals surface area (Å²) >= 11 is 0. The minimum Gasteiger partial charge on any atom is -0.0620 e. The van der Waals surface area contributed by atoms with E-state index in [0.29, 0.717) is 10.8 Å². The maximum absolute atomic E-state index is 2.90. The van der Waals surface area contributed by atoms with E-state index < -0.39 is 0 Å². The third kappa shape index (κ3) is 3.21. The van der Waals surface area contributed by atoms with Crippen LogP contribution in [0.5, 0.6) is 0 Å². The molecule has 0 spiro atoms. The average Bonchev–Trinajstić information content (AvgIpc) is 3.61. The Kier molecular flexibility index (Phi) is 6.85. The van der Waals surface area contributed by atoms with Crippen molar-refractivity contribution in [1.29, 1.82) is 0 Å². The van der Waals surface area contributed by atoms with Crippen LogP contribution in [0.1, 0.15) is 117 Å². The van der Waals surface area contributed by atoms with Gasteiger partial charge in [-0.1, -0.05) is 111 Å². The number of hydrogen-bond acceptors (Lipinski definition) is 0. The molecule has 10 aliphatic carbocycles. The van der Waals surface area contributed by atoms with Crippen molar-refractivity contribution in [3.63, 3.8) is 0 Å². The van der Waals surface area contributed by atoms with Gasteiger partial charge in [-0.2, -0.15) is 0 Å². The van der Waals surface area contributed by atoms with Crippen LogP contribution in [0.25, 0.3) is 0 Å². The molecule has 2 bridgehead atoms. The summed E-state index contributed by atoms with van der Waals surface area (Å²) in [6.45, 7) is 44.7. The van der Waals surface area contributed by atoms with Crippen LogP contribution < -0.4 is 0 Å². The molecule has 0 aliphatic heterocycles. The lowest BCUT2D eigenvalue weighted by molar-refractivity contribution is -0.414. The van der Waals surface area contributed by atoms with Gasteiger partial charge in [-0.15, -0.1) is 0 Å². The molecular formula is C49H80. The summed E-state index contributed by atoms with van der Waals surface area (Å²) in [5, 5.41) is 0. The van der Waals surface area contributed by atoms with Crippen LogP contribution in [0, 0.1) is 188 Å². The van der Waals surface area contributed by atoms with Crippen LogP contribution in [0.15, 0.2) is 0 Å². The minimum absolute atomic E-state index is 0.626. The van der Waals surface area contributed by atoms with Gasteiger partial charge >= 0.3 is 0 Å². The lowest BCUT2D eigenvalue weighted by Crippen LogP contribution is -2.84. The van der Waals surface area contributed by atoms with E-state index in [4.69, 9.17) is 0 Å². The smallest absolute Gasteiger partial charge is 0.0193 e. The van der Waals surface area contributed by atoms with Gasteiger partial charge in [0.15, 0.2) is 0 Å². The Hall–Kier alpha value is 0. The van der Waals surface area contributed by atoms with Crippen LogP contribution in [-0.2, 0) is 0 Å². The fourth-order valence-corrected chi connectivity index (χ4v) is 22.5. The number of fused-ring (bicyclic) bond motifs is 6. The summed E-state index contributed by atoms with van der Waals surface area (Å²) in [4.78, 5) is 0. The van der Waals surface area contributed by atoms with Gasteiger partial charge < -0.3 is 0 Å². The Bertz CT molecular complexity index is 1280. The molecule has 28 unspecified atom stereocenters. The fraction of sp³-hybridized carbons (Fsp3) is 1.00. The Morgan fingerprint density at radius 2 is 0.510 bits per heavy atom. The molecule has 49 heavy (non-hydrogen) atoms. The monoisotopic (exact) mass is 669 g/mol. The molecule has 10 rings (SSSR count). The Labute approximate surface area is 304 Å². The van der Waals surface area contributed by atoms with Gasteiger partial charge in [-0.05, 0) is 195 Å². The second-order valence-corrected chi connectivity index (χ2v) is 23.9. The average molecular weight is 669 g/mol. The summed E-state index contributed by atoms with van der Waals surface area (Å²) < 4.78 is 0. The Morgan fingerprint density at radius 1 is 0.245 bits per heavy atom. The van der Waals surface area contributed by atoms with E-state index in [1.54, 1.807) is 6.42 Å². The van der Waals surface area contributed by atoms with Crippen molar-refractivity contribution >= 4 is 0 Å². The van der Waals surface area contributed by atoms with Crippen LogP contribution in [-0.4, -0.2) is 0 Å². The highest BCUT2D eigenvalue weighted by Crippen LogP contribution is 2.93. The van der Waals surface area contributed by atoms with E-state index >= 15 is 0 Å². The quantitative estimate of drug-likeness (QED) is 0.241. The zero-order valence-electron chi connectivity index (χ0n) is 35.0. The number of rotatable bonds is 0. The predicted molar refractivity (Wildman–Crippen MR) is 205 cm³/mol. The molecule has 0 radical (unpaired) electrons. The molecule has 0 heterocycles. The van der Waals surface area contributed by atoms with Gasteiger partial charge in [-0.25, -0.2) is 0 Å². The zero-order chi connectivity index (χ0) is 35.0. The Balaban J connectivity index is 1.18. The third-order valence-electron chi connectivity index (χ3n) is 25.0. The topological polar surface area (TPSA) is 0 Å². The highest BCUT2D eigenvalue weighted by Gasteiger charge is 2.88. The van der Waals surface area contributed by atoms with Crippen LogP contribution >= 0.6 is 0 Å². The maximum atomic E-state index is 2.90. The lowest BCUT2D eigenvalue weighted by atomic mass is 9.16. The molecule has 0 N–H and O–H groups in total. The molecule has 0 aromatic rings. The molecule has 10 aliphatic rings. The normalized spacial score (nSPS) is 75.4. The summed E-state index contributed by atoms with van der Waals surface area (Å²) in [5.41, 5.74) is 1.25. The zero-order valence-corrected chi connectivity index (χ0v) is 35.0. The summed E-state index contributed by atoms with van der Waals surface area (Å²) in [7, 11) is 0. The van der Waals surface area contributed by atoms with Gasteiger partial charge in [0.1, 0.15) is 0 Å². The van der Waals surface area contributed by atoms with E-state index in [0.717, 1.165) is 178 Å². The Morgan fingerprint density at radius 3 is 0.837 bits per heavy atom. The minimum atomic E-state index is 0.626. The van der Waals surface area contributed by atoms with Crippen LogP contribution in [0.3, 0.4) is 0 Å². The van der Waals surface area contributed by atoms with Gasteiger partial charge in [0.25, 0.3) is 0 Å². The molecule has 276 valence electrons. The van der Waals surface area contributed by atoms with E-state index in [1.165, 1.54) is 0 Å². The van der Waals surface area contributed by atoms with Gasteiger partial charge in [0.2, 0.25) is 0 Å². The standard InChI is InChI=1S/C49H80/c1-18-19(2)23(6)35-34(22(18)5)38-26(9)28(11)45-44-42(38)39(35)27(10)29(12)46(44)49-17-48(45)32(15)30(13)40-36-24(7)20(3)21(4)25(8)37(36)41(31(14)33(49)16)43(40)47(48)49/h18-47H,17H2,1-16H3. The second-order valence-electron chi connectivity index (χ2n) is 23.9. The van der Waals surface area contributed by atoms with E-state index in [1.807, 2.05) is 0 Å². The predicted octanol–water partition coefficient (Wildman–Crippen LogP) is 12.3. The van der Waals surface area contributed by atoms with Crippen molar-refractivity contribution in [1.82, 2.24) is 0 Å². The molecular weight excluding hydrogens is 589 g/mol. The largest absolute Gasteiger partial charge is 0.0620 e. The first kappa shape index (κ1) is 33.6. The molecule has 10 saturated carbocycles. The molecule has 28 atom stereocenters. The summed E-state index contributed by atoms with van der Waals surface area (Å²) in [6, 6.07) is 0. The first-order chi connectivity index (χ1) is 23.0. The summed E-state index contributed by atoms with van der Waals surface area (Å²) in [6.07, 6.45) is 1.64. The number of hydrogen-bond donors (Lipinski definition) is 0. The molecule has 0 aromatic heterocycles. The summed E-state index contributed by atoms with van der Waals surface area (Å²) in [5.74, 6) is 28.4. The van der Waals surface area contributed by atoms with E-state index in [9.17, 15) is 0 Å². The molecule has 0 aromatic carbocycles. The lowest BCUT2D eigenvalue weighted by Gasteiger charge is -2.88. The van der Waals surface area contributed by atoms with Crippen molar-refractivity contribution in [3.8, 4) is 0 Å². The second kappa shape index (κ2) is 9.99. The fourth-order valence-electron chi connectivity index (χ4n) is 22.5.